The van der Waals surface area contributed by atoms with Crippen LogP contribution in [0, 0.1) is 0 Å². The molecule has 4 nitrogen and oxygen atoms in total. The van der Waals surface area contributed by atoms with E-state index < -0.39 is 5.97 Å². The summed E-state index contributed by atoms with van der Waals surface area (Å²) in [6.45, 7) is 2.03. The van der Waals surface area contributed by atoms with Crippen LogP contribution in [-0.2, 0) is 6.42 Å². The summed E-state index contributed by atoms with van der Waals surface area (Å²) < 4.78 is 1.56. The van der Waals surface area contributed by atoms with Gasteiger partial charge in [-0.2, -0.15) is 0 Å². The van der Waals surface area contributed by atoms with Gasteiger partial charge in [0.1, 0.15) is 5.65 Å². The molecule has 3 aromatic rings. The summed E-state index contributed by atoms with van der Waals surface area (Å²) in [5.74, 6) is -1.02. The van der Waals surface area contributed by atoms with E-state index in [0.717, 1.165) is 23.1 Å². The zero-order chi connectivity index (χ0) is 15.9. The van der Waals surface area contributed by atoms with Gasteiger partial charge in [-0.3, -0.25) is 4.40 Å². The van der Waals surface area contributed by atoms with Gasteiger partial charge in [0.05, 0.1) is 6.20 Å². The third-order valence-electron chi connectivity index (χ3n) is 3.55. The van der Waals surface area contributed by atoms with Crippen LogP contribution in [0.2, 0.25) is 10.0 Å². The highest BCUT2D eigenvalue weighted by Gasteiger charge is 2.15. The number of hydrogen-bond acceptors (Lipinski definition) is 2. The topological polar surface area (TPSA) is 54.6 Å². The number of rotatable bonds is 3. The lowest BCUT2D eigenvalue weighted by Gasteiger charge is -2.12. The molecule has 0 aliphatic rings. The van der Waals surface area contributed by atoms with E-state index in [4.69, 9.17) is 23.2 Å². The number of carbonyl (C=O) groups is 1. The third-order valence-corrected chi connectivity index (χ3v) is 4.10. The molecule has 22 heavy (non-hydrogen) atoms. The van der Waals surface area contributed by atoms with Gasteiger partial charge in [-0.15, -0.1) is 0 Å². The molecule has 0 saturated carbocycles. The lowest BCUT2D eigenvalue weighted by Crippen LogP contribution is -2.03. The molecule has 0 aliphatic carbocycles. The van der Waals surface area contributed by atoms with Crippen LogP contribution in [0.5, 0.6) is 0 Å². The summed E-state index contributed by atoms with van der Waals surface area (Å²) in [7, 11) is 0. The fourth-order valence-corrected chi connectivity index (χ4v) is 2.97. The van der Waals surface area contributed by atoms with E-state index in [1.807, 2.05) is 19.1 Å². The molecule has 0 radical (unpaired) electrons. The zero-order valence-corrected chi connectivity index (χ0v) is 13.2. The van der Waals surface area contributed by atoms with E-state index in [1.165, 1.54) is 6.20 Å². The Balaban J connectivity index is 2.31. The third kappa shape index (κ3) is 2.45. The van der Waals surface area contributed by atoms with E-state index in [-0.39, 0.29) is 5.69 Å². The maximum atomic E-state index is 11.3. The van der Waals surface area contributed by atoms with Crippen molar-refractivity contribution in [3.63, 3.8) is 0 Å². The minimum Gasteiger partial charge on any atom is -0.477 e. The summed E-state index contributed by atoms with van der Waals surface area (Å²) in [5, 5.41) is 10.3. The Morgan fingerprint density at radius 2 is 2.05 bits per heavy atom. The Kier molecular flexibility index (Phi) is 3.81. The Morgan fingerprint density at radius 1 is 1.27 bits per heavy atom. The number of carboxylic acid groups (broad SMARTS) is 1. The lowest BCUT2D eigenvalue weighted by molar-refractivity contribution is 0.0689. The first-order chi connectivity index (χ1) is 10.5. The van der Waals surface area contributed by atoms with Gasteiger partial charge >= 0.3 is 5.97 Å². The van der Waals surface area contributed by atoms with Crippen LogP contribution >= 0.6 is 23.2 Å². The molecular formula is C16H12Cl2N2O2. The first kappa shape index (κ1) is 14.9. The highest BCUT2D eigenvalue weighted by Crippen LogP contribution is 2.33. The predicted octanol–water partition coefficient (Wildman–Crippen LogP) is 4.57. The Bertz CT molecular complexity index is 887. The SMILES string of the molecule is CCc1cc2ncc(C(=O)O)n2cc1-c1ccc(Cl)cc1Cl. The molecule has 0 spiro atoms. The van der Waals surface area contributed by atoms with Crippen molar-refractivity contribution in [2.75, 3.05) is 0 Å². The van der Waals surface area contributed by atoms with Crippen molar-refractivity contribution in [1.29, 1.82) is 0 Å². The maximum absolute atomic E-state index is 11.3. The predicted molar refractivity (Wildman–Crippen MR) is 87.0 cm³/mol. The van der Waals surface area contributed by atoms with Crippen molar-refractivity contribution in [2.45, 2.75) is 13.3 Å². The minimum atomic E-state index is -1.02. The standard InChI is InChI=1S/C16H12Cl2N2O2/c1-2-9-5-15-19-7-14(16(21)22)20(15)8-12(9)11-4-3-10(17)6-13(11)18/h3-8H,2H2,1H3,(H,21,22). The molecule has 0 bridgehead atoms. The number of aromatic nitrogens is 2. The average Bonchev–Trinajstić information content (AvgIpc) is 2.89. The largest absolute Gasteiger partial charge is 0.477 e. The van der Waals surface area contributed by atoms with E-state index >= 15 is 0 Å². The molecule has 0 atom stereocenters. The molecule has 1 N–H and O–H groups in total. The fraction of sp³-hybridized carbons (Fsp3) is 0.125. The van der Waals surface area contributed by atoms with Crippen LogP contribution in [-0.4, -0.2) is 20.5 Å². The van der Waals surface area contributed by atoms with Gasteiger partial charge < -0.3 is 5.11 Å². The number of benzene rings is 1. The molecule has 2 aromatic heterocycles. The first-order valence-corrected chi connectivity index (χ1v) is 7.45. The Morgan fingerprint density at radius 3 is 2.68 bits per heavy atom. The number of aromatic carboxylic acids is 1. The van der Waals surface area contributed by atoms with Crippen LogP contribution in [0.4, 0.5) is 0 Å². The number of aryl methyl sites for hydroxylation is 1. The van der Waals surface area contributed by atoms with Gasteiger partial charge in [-0.05, 0) is 30.2 Å². The molecular weight excluding hydrogens is 323 g/mol. The van der Waals surface area contributed by atoms with Crippen LogP contribution in [0.25, 0.3) is 16.8 Å². The van der Waals surface area contributed by atoms with Crippen molar-refractivity contribution in [3.05, 3.63) is 58.0 Å². The number of fused-ring (bicyclic) bond motifs is 1. The second kappa shape index (κ2) is 5.63. The molecule has 2 heterocycles. The van der Waals surface area contributed by atoms with Crippen molar-refractivity contribution in [2.24, 2.45) is 0 Å². The van der Waals surface area contributed by atoms with E-state index in [9.17, 15) is 9.90 Å². The van der Waals surface area contributed by atoms with Gasteiger partial charge in [-0.25, -0.2) is 9.78 Å². The van der Waals surface area contributed by atoms with Gasteiger partial charge in [0.2, 0.25) is 0 Å². The van der Waals surface area contributed by atoms with Crippen molar-refractivity contribution >= 4 is 34.8 Å². The smallest absolute Gasteiger partial charge is 0.354 e. The van der Waals surface area contributed by atoms with E-state index in [2.05, 4.69) is 4.98 Å². The van der Waals surface area contributed by atoms with Gasteiger partial charge in [0, 0.05) is 27.4 Å². The Hall–Kier alpha value is -2.04. The summed E-state index contributed by atoms with van der Waals surface area (Å²) >= 11 is 12.2. The first-order valence-electron chi connectivity index (χ1n) is 6.70. The van der Waals surface area contributed by atoms with Crippen LogP contribution in [0.15, 0.2) is 36.7 Å². The number of pyridine rings is 1. The number of hydrogen-bond donors (Lipinski definition) is 1. The van der Waals surface area contributed by atoms with Crippen LogP contribution < -0.4 is 0 Å². The minimum absolute atomic E-state index is 0.115. The summed E-state index contributed by atoms with van der Waals surface area (Å²) in [5.41, 5.74) is 3.44. The molecule has 0 fully saturated rings. The number of nitrogens with zero attached hydrogens (tertiary/aromatic N) is 2. The lowest BCUT2D eigenvalue weighted by atomic mass is 10.00. The summed E-state index contributed by atoms with van der Waals surface area (Å²) in [4.78, 5) is 15.4. The molecule has 1 aromatic carbocycles. The number of halogens is 2. The highest BCUT2D eigenvalue weighted by molar-refractivity contribution is 6.36. The zero-order valence-electron chi connectivity index (χ0n) is 11.7. The van der Waals surface area contributed by atoms with Gasteiger partial charge in [0.25, 0.3) is 0 Å². The molecule has 0 saturated heterocycles. The molecule has 6 heteroatoms. The van der Waals surface area contributed by atoms with Crippen molar-refractivity contribution in [1.82, 2.24) is 9.38 Å². The fourth-order valence-electron chi connectivity index (χ4n) is 2.46. The highest BCUT2D eigenvalue weighted by atomic mass is 35.5. The summed E-state index contributed by atoms with van der Waals surface area (Å²) in [6, 6.07) is 7.15. The Labute approximate surface area is 136 Å². The number of carboxylic acids is 1. The molecule has 3 rings (SSSR count). The van der Waals surface area contributed by atoms with Crippen molar-refractivity contribution in [3.8, 4) is 11.1 Å². The van der Waals surface area contributed by atoms with Crippen LogP contribution in [0.1, 0.15) is 23.0 Å². The second-order valence-corrected chi connectivity index (χ2v) is 5.71. The van der Waals surface area contributed by atoms with Gasteiger partial charge in [0.15, 0.2) is 5.69 Å². The van der Waals surface area contributed by atoms with Crippen LogP contribution in [0.3, 0.4) is 0 Å². The van der Waals surface area contributed by atoms with E-state index in [1.54, 1.807) is 22.7 Å². The van der Waals surface area contributed by atoms with Gasteiger partial charge in [-0.1, -0.05) is 36.2 Å². The molecule has 0 unspecified atom stereocenters. The molecule has 0 aliphatic heterocycles. The average molecular weight is 335 g/mol. The maximum Gasteiger partial charge on any atom is 0.354 e. The summed E-state index contributed by atoms with van der Waals surface area (Å²) in [6.07, 6.45) is 3.89. The van der Waals surface area contributed by atoms with Crippen molar-refractivity contribution < 1.29 is 9.90 Å². The van der Waals surface area contributed by atoms with E-state index in [0.29, 0.717) is 15.7 Å². The second-order valence-electron chi connectivity index (χ2n) is 4.87. The quantitative estimate of drug-likeness (QED) is 0.763. The monoisotopic (exact) mass is 334 g/mol. The normalized spacial score (nSPS) is 11.0. The molecule has 0 amide bonds. The molecule has 112 valence electrons. The number of imidazole rings is 1.